The molecule has 0 atom stereocenters. The van der Waals surface area contributed by atoms with E-state index in [1.807, 2.05) is 68.4 Å². The van der Waals surface area contributed by atoms with Crippen molar-refractivity contribution in [2.24, 2.45) is 0 Å². The van der Waals surface area contributed by atoms with E-state index in [1.165, 1.54) is 0 Å². The second-order valence-electron chi connectivity index (χ2n) is 7.35. The first-order chi connectivity index (χ1) is 14.9. The maximum Gasteiger partial charge on any atom is 0.282 e. The highest BCUT2D eigenvalue weighted by Crippen LogP contribution is 2.34. The van der Waals surface area contributed by atoms with Gasteiger partial charge in [0.25, 0.3) is 11.8 Å². The van der Waals surface area contributed by atoms with Gasteiger partial charge in [-0.2, -0.15) is 0 Å². The van der Waals surface area contributed by atoms with Crippen molar-refractivity contribution < 1.29 is 14.3 Å². The van der Waals surface area contributed by atoms with E-state index < -0.39 is 5.91 Å². The minimum Gasteiger partial charge on any atom is -0.491 e. The molecule has 1 N–H and O–H groups in total. The first-order valence-electron chi connectivity index (χ1n) is 9.92. The average molecular weight is 433 g/mol. The van der Waals surface area contributed by atoms with Gasteiger partial charge in [0, 0.05) is 10.7 Å². The molecule has 1 aliphatic heterocycles. The third kappa shape index (κ3) is 4.32. The third-order valence-corrected chi connectivity index (χ3v) is 4.98. The van der Waals surface area contributed by atoms with E-state index in [0.29, 0.717) is 27.5 Å². The van der Waals surface area contributed by atoms with Crippen molar-refractivity contribution in [2.75, 3.05) is 10.2 Å². The smallest absolute Gasteiger partial charge is 0.282 e. The number of hydrogen-bond donors (Lipinski definition) is 1. The number of carbonyl (C=O) groups is 2. The molecule has 0 unspecified atom stereocenters. The SMILES string of the molecule is CC(C)Oc1ccc(NC2=C(c3ccccc3)C(=O)N(c3ccc(Cl)cc3)C2=O)cc1. The Kier molecular flexibility index (Phi) is 5.78. The van der Waals surface area contributed by atoms with Gasteiger partial charge in [-0.3, -0.25) is 9.59 Å². The van der Waals surface area contributed by atoms with Gasteiger partial charge in [0.2, 0.25) is 0 Å². The summed E-state index contributed by atoms with van der Waals surface area (Å²) in [6.07, 6.45) is 0.0631. The first-order valence-corrected chi connectivity index (χ1v) is 10.3. The molecule has 6 heteroatoms. The number of nitrogens with one attached hydrogen (secondary N) is 1. The van der Waals surface area contributed by atoms with Gasteiger partial charge in [-0.05, 0) is 67.9 Å². The van der Waals surface area contributed by atoms with Crippen LogP contribution in [0.4, 0.5) is 11.4 Å². The van der Waals surface area contributed by atoms with E-state index in [0.717, 1.165) is 10.6 Å². The summed E-state index contributed by atoms with van der Waals surface area (Å²) < 4.78 is 5.67. The average Bonchev–Trinajstić information content (AvgIpc) is 3.00. The molecule has 0 saturated heterocycles. The van der Waals surface area contributed by atoms with E-state index in [9.17, 15) is 9.59 Å². The van der Waals surface area contributed by atoms with Crippen LogP contribution in [-0.2, 0) is 9.59 Å². The van der Waals surface area contributed by atoms with Gasteiger partial charge in [-0.25, -0.2) is 4.90 Å². The predicted molar refractivity (Wildman–Crippen MR) is 123 cm³/mol. The summed E-state index contributed by atoms with van der Waals surface area (Å²) in [4.78, 5) is 27.8. The molecule has 3 aromatic rings. The lowest BCUT2D eigenvalue weighted by atomic mass is 10.0. The van der Waals surface area contributed by atoms with Crippen LogP contribution >= 0.6 is 11.6 Å². The van der Waals surface area contributed by atoms with Crippen LogP contribution in [-0.4, -0.2) is 17.9 Å². The lowest BCUT2D eigenvalue weighted by Crippen LogP contribution is -2.32. The van der Waals surface area contributed by atoms with Crippen molar-refractivity contribution in [3.8, 4) is 5.75 Å². The maximum absolute atomic E-state index is 13.3. The number of carbonyl (C=O) groups excluding carboxylic acids is 2. The molecule has 5 nitrogen and oxygen atoms in total. The Morgan fingerprint density at radius 2 is 1.48 bits per heavy atom. The second-order valence-corrected chi connectivity index (χ2v) is 7.79. The molecule has 3 aromatic carbocycles. The van der Waals surface area contributed by atoms with Crippen molar-refractivity contribution in [3.63, 3.8) is 0 Å². The van der Waals surface area contributed by atoms with Crippen molar-refractivity contribution >= 4 is 40.4 Å². The molecule has 0 aliphatic carbocycles. The summed E-state index contributed by atoms with van der Waals surface area (Å²) in [5.41, 5.74) is 2.36. The monoisotopic (exact) mass is 432 g/mol. The van der Waals surface area contributed by atoms with Crippen LogP contribution in [0, 0.1) is 0 Å². The summed E-state index contributed by atoms with van der Waals surface area (Å²) in [6.45, 7) is 3.91. The van der Waals surface area contributed by atoms with Crippen LogP contribution in [0.1, 0.15) is 19.4 Å². The molecule has 0 fully saturated rings. The topological polar surface area (TPSA) is 58.6 Å². The largest absolute Gasteiger partial charge is 0.491 e. The summed E-state index contributed by atoms with van der Waals surface area (Å²) in [6, 6.07) is 23.0. The van der Waals surface area contributed by atoms with Gasteiger partial charge in [0.05, 0.1) is 17.4 Å². The molecule has 0 spiro atoms. The minimum atomic E-state index is -0.423. The highest BCUT2D eigenvalue weighted by atomic mass is 35.5. The lowest BCUT2D eigenvalue weighted by molar-refractivity contribution is -0.120. The molecule has 1 aliphatic rings. The number of anilines is 2. The Balaban J connectivity index is 1.72. The maximum atomic E-state index is 13.3. The van der Waals surface area contributed by atoms with E-state index in [-0.39, 0.29) is 17.7 Å². The molecular weight excluding hydrogens is 412 g/mol. The Bertz CT molecular complexity index is 1140. The zero-order chi connectivity index (χ0) is 22.0. The zero-order valence-electron chi connectivity index (χ0n) is 17.1. The van der Waals surface area contributed by atoms with Crippen LogP contribution in [0.25, 0.3) is 5.57 Å². The number of benzene rings is 3. The Hall–Kier alpha value is -3.57. The molecule has 2 amide bonds. The highest BCUT2D eigenvalue weighted by Gasteiger charge is 2.40. The van der Waals surface area contributed by atoms with Crippen molar-refractivity contribution in [3.05, 3.63) is 95.1 Å². The number of hydrogen-bond acceptors (Lipinski definition) is 4. The fraction of sp³-hybridized carbons (Fsp3) is 0.120. The number of imide groups is 1. The molecule has 1 heterocycles. The van der Waals surface area contributed by atoms with E-state index in [2.05, 4.69) is 5.32 Å². The van der Waals surface area contributed by atoms with Crippen molar-refractivity contribution in [2.45, 2.75) is 20.0 Å². The van der Waals surface area contributed by atoms with Crippen LogP contribution in [0.3, 0.4) is 0 Å². The summed E-state index contributed by atoms with van der Waals surface area (Å²) in [7, 11) is 0. The molecule has 0 aromatic heterocycles. The van der Waals surface area contributed by atoms with Crippen molar-refractivity contribution in [1.82, 2.24) is 0 Å². The summed E-state index contributed by atoms with van der Waals surface area (Å²) in [5.74, 6) is -0.0797. The van der Waals surface area contributed by atoms with Gasteiger partial charge in [0.15, 0.2) is 0 Å². The van der Waals surface area contributed by atoms with Crippen LogP contribution < -0.4 is 15.0 Å². The highest BCUT2D eigenvalue weighted by molar-refractivity contribution is 6.46. The Morgan fingerprint density at radius 3 is 2.10 bits per heavy atom. The van der Waals surface area contributed by atoms with Gasteiger partial charge in [0.1, 0.15) is 11.4 Å². The summed E-state index contributed by atoms with van der Waals surface area (Å²) in [5, 5.41) is 3.68. The van der Waals surface area contributed by atoms with Crippen LogP contribution in [0.15, 0.2) is 84.6 Å². The molecular formula is C25H21ClN2O3. The van der Waals surface area contributed by atoms with Gasteiger partial charge >= 0.3 is 0 Å². The standard InChI is InChI=1S/C25H21ClN2O3/c1-16(2)31-21-14-10-19(11-15-21)27-23-22(17-6-4-3-5-7-17)24(29)28(25(23)30)20-12-8-18(26)9-13-20/h3-16,27H,1-2H3. The minimum absolute atomic E-state index is 0.0631. The van der Waals surface area contributed by atoms with Crippen LogP contribution in [0.5, 0.6) is 5.75 Å². The van der Waals surface area contributed by atoms with Crippen LogP contribution in [0.2, 0.25) is 5.02 Å². The fourth-order valence-electron chi connectivity index (χ4n) is 3.38. The van der Waals surface area contributed by atoms with Gasteiger partial charge in [-0.15, -0.1) is 0 Å². The number of amides is 2. The Labute approximate surface area is 185 Å². The van der Waals surface area contributed by atoms with Crippen molar-refractivity contribution in [1.29, 1.82) is 0 Å². The molecule has 4 rings (SSSR count). The third-order valence-electron chi connectivity index (χ3n) is 4.73. The van der Waals surface area contributed by atoms with Gasteiger partial charge in [-0.1, -0.05) is 41.9 Å². The lowest BCUT2D eigenvalue weighted by Gasteiger charge is -2.15. The second kappa shape index (κ2) is 8.66. The molecule has 156 valence electrons. The zero-order valence-corrected chi connectivity index (χ0v) is 17.9. The van der Waals surface area contributed by atoms with E-state index in [4.69, 9.17) is 16.3 Å². The Morgan fingerprint density at radius 1 is 0.839 bits per heavy atom. The van der Waals surface area contributed by atoms with Gasteiger partial charge < -0.3 is 10.1 Å². The molecule has 31 heavy (non-hydrogen) atoms. The predicted octanol–water partition coefficient (Wildman–Crippen LogP) is 5.52. The fourth-order valence-corrected chi connectivity index (χ4v) is 3.50. The normalized spacial score (nSPS) is 13.9. The number of nitrogens with zero attached hydrogens (tertiary/aromatic N) is 1. The molecule has 0 bridgehead atoms. The van der Waals surface area contributed by atoms with E-state index in [1.54, 1.807) is 24.3 Å². The molecule has 0 saturated carbocycles. The number of rotatable bonds is 6. The summed E-state index contributed by atoms with van der Waals surface area (Å²) >= 11 is 5.97. The quantitative estimate of drug-likeness (QED) is 0.521. The number of halogens is 1. The molecule has 0 radical (unpaired) electrons. The first kappa shape index (κ1) is 20.7. The number of ether oxygens (including phenoxy) is 1. The van der Waals surface area contributed by atoms with E-state index >= 15 is 0 Å².